The van der Waals surface area contributed by atoms with Crippen molar-refractivity contribution in [2.24, 2.45) is 0 Å². The van der Waals surface area contributed by atoms with Gasteiger partial charge in [0.05, 0.1) is 24.4 Å². The fourth-order valence-electron chi connectivity index (χ4n) is 3.08. The van der Waals surface area contributed by atoms with Gasteiger partial charge in [0.2, 0.25) is 15.9 Å². The van der Waals surface area contributed by atoms with E-state index in [2.05, 4.69) is 5.32 Å². The van der Waals surface area contributed by atoms with Gasteiger partial charge in [-0.25, -0.2) is 8.42 Å². The van der Waals surface area contributed by atoms with E-state index in [1.807, 2.05) is 12.1 Å². The van der Waals surface area contributed by atoms with Gasteiger partial charge in [-0.05, 0) is 42.7 Å². The predicted molar refractivity (Wildman–Crippen MR) is 110 cm³/mol. The highest BCUT2D eigenvalue weighted by Crippen LogP contribution is 2.18. The molecule has 0 radical (unpaired) electrons. The lowest BCUT2D eigenvalue weighted by Gasteiger charge is -2.26. The van der Waals surface area contributed by atoms with Crippen molar-refractivity contribution in [1.82, 2.24) is 9.62 Å². The lowest BCUT2D eigenvalue weighted by molar-refractivity contribution is -0.121. The number of hydrogen-bond acceptors (Lipinski definition) is 6. The Hall–Kier alpha value is -2.20. The molecule has 0 atom stereocenters. The van der Waals surface area contributed by atoms with Crippen molar-refractivity contribution in [3.8, 4) is 0 Å². The molecule has 0 spiro atoms. The molecule has 1 aromatic heterocycles. The molecule has 0 saturated carbocycles. The van der Waals surface area contributed by atoms with Gasteiger partial charge in [-0.15, -0.1) is 0 Å². The van der Waals surface area contributed by atoms with Crippen LogP contribution in [-0.4, -0.2) is 58.1 Å². The van der Waals surface area contributed by atoms with E-state index in [1.54, 1.807) is 30.5 Å². The van der Waals surface area contributed by atoms with Crippen molar-refractivity contribution in [1.29, 1.82) is 0 Å². The van der Waals surface area contributed by atoms with Crippen LogP contribution >= 0.6 is 0 Å². The molecule has 1 amide bonds. The zero-order chi connectivity index (χ0) is 21.2. The Labute approximate surface area is 177 Å². The Balaban J connectivity index is 1.33. The fourth-order valence-corrected chi connectivity index (χ4v) is 4.49. The molecule has 30 heavy (non-hydrogen) atoms. The molecule has 0 bridgehead atoms. The number of sulfonamides is 1. The molecule has 1 fully saturated rings. The predicted octanol–water partition coefficient (Wildman–Crippen LogP) is 1.96. The van der Waals surface area contributed by atoms with E-state index in [0.29, 0.717) is 58.9 Å². The number of benzene rings is 1. The molecule has 2 heterocycles. The maximum Gasteiger partial charge on any atom is 0.243 e. The van der Waals surface area contributed by atoms with Crippen LogP contribution < -0.4 is 5.32 Å². The summed E-state index contributed by atoms with van der Waals surface area (Å²) in [6.45, 7) is 3.10. The molecular weight excluding hydrogens is 408 g/mol. The Kier molecular flexibility index (Phi) is 8.44. The summed E-state index contributed by atoms with van der Waals surface area (Å²) in [5.74, 6) is 0.744. The van der Waals surface area contributed by atoms with E-state index in [9.17, 15) is 13.2 Å². The van der Waals surface area contributed by atoms with Crippen molar-refractivity contribution in [2.45, 2.75) is 30.8 Å². The lowest BCUT2D eigenvalue weighted by Crippen LogP contribution is -2.40. The molecule has 1 aromatic carbocycles. The van der Waals surface area contributed by atoms with E-state index in [4.69, 9.17) is 13.9 Å². The molecular formula is C21H28N2O6S. The van der Waals surface area contributed by atoms with Gasteiger partial charge in [0.1, 0.15) is 12.4 Å². The SMILES string of the molecule is O=C(CCc1ccc(S(=O)(=O)N2CCOCC2)cc1)NCCCOCc1ccco1. The van der Waals surface area contributed by atoms with Crippen LogP contribution in [0, 0.1) is 0 Å². The van der Waals surface area contributed by atoms with Crippen LogP contribution in [0.3, 0.4) is 0 Å². The van der Waals surface area contributed by atoms with Crippen LogP contribution in [0.5, 0.6) is 0 Å². The van der Waals surface area contributed by atoms with E-state index in [1.165, 1.54) is 4.31 Å². The maximum atomic E-state index is 12.6. The highest BCUT2D eigenvalue weighted by Gasteiger charge is 2.26. The second kappa shape index (κ2) is 11.3. The van der Waals surface area contributed by atoms with Gasteiger partial charge in [-0.2, -0.15) is 4.31 Å². The minimum Gasteiger partial charge on any atom is -0.467 e. The lowest BCUT2D eigenvalue weighted by atomic mass is 10.1. The fraction of sp³-hybridized carbons (Fsp3) is 0.476. The van der Waals surface area contributed by atoms with Crippen molar-refractivity contribution in [2.75, 3.05) is 39.5 Å². The number of hydrogen-bond donors (Lipinski definition) is 1. The number of nitrogens with one attached hydrogen (secondary N) is 1. The molecule has 0 unspecified atom stereocenters. The van der Waals surface area contributed by atoms with Crippen LogP contribution in [0.4, 0.5) is 0 Å². The molecule has 0 aliphatic carbocycles. The van der Waals surface area contributed by atoms with Crippen LogP contribution in [-0.2, 0) is 37.3 Å². The zero-order valence-electron chi connectivity index (χ0n) is 16.9. The second-order valence-corrected chi connectivity index (χ2v) is 8.93. The van der Waals surface area contributed by atoms with E-state index < -0.39 is 10.0 Å². The first-order chi connectivity index (χ1) is 14.6. The topological polar surface area (TPSA) is 98.1 Å². The Morgan fingerprint density at radius 1 is 1.13 bits per heavy atom. The molecule has 2 aromatic rings. The first kappa shape index (κ1) is 22.5. The quantitative estimate of drug-likeness (QED) is 0.541. The van der Waals surface area contributed by atoms with Gasteiger partial charge in [0.15, 0.2) is 0 Å². The molecule has 1 aliphatic rings. The summed E-state index contributed by atoms with van der Waals surface area (Å²) in [4.78, 5) is 12.3. The third-order valence-corrected chi connectivity index (χ3v) is 6.70. The Morgan fingerprint density at radius 2 is 1.90 bits per heavy atom. The summed E-state index contributed by atoms with van der Waals surface area (Å²) >= 11 is 0. The molecule has 1 saturated heterocycles. The van der Waals surface area contributed by atoms with E-state index in [-0.39, 0.29) is 10.8 Å². The standard InChI is InChI=1S/C21H28N2O6S/c24-21(22-10-2-13-28-17-19-3-1-14-29-19)9-6-18-4-7-20(8-5-18)30(25,26)23-11-15-27-16-12-23/h1,3-5,7-8,14H,2,6,9-13,15-17H2,(H,22,24). The third-order valence-electron chi connectivity index (χ3n) is 4.78. The molecule has 1 aliphatic heterocycles. The average Bonchev–Trinajstić information content (AvgIpc) is 3.29. The number of carbonyl (C=O) groups is 1. The smallest absolute Gasteiger partial charge is 0.243 e. The molecule has 164 valence electrons. The Morgan fingerprint density at radius 3 is 2.60 bits per heavy atom. The number of aryl methyl sites for hydroxylation is 1. The highest BCUT2D eigenvalue weighted by atomic mass is 32.2. The summed E-state index contributed by atoms with van der Waals surface area (Å²) in [5, 5.41) is 2.87. The van der Waals surface area contributed by atoms with E-state index >= 15 is 0 Å². The third kappa shape index (κ3) is 6.66. The summed E-state index contributed by atoms with van der Waals surface area (Å²) in [5.41, 5.74) is 0.924. The molecule has 3 rings (SSSR count). The van der Waals surface area contributed by atoms with Gasteiger partial charge >= 0.3 is 0 Å². The van der Waals surface area contributed by atoms with Gasteiger partial charge in [-0.1, -0.05) is 12.1 Å². The van der Waals surface area contributed by atoms with Crippen molar-refractivity contribution in [3.63, 3.8) is 0 Å². The zero-order valence-corrected chi connectivity index (χ0v) is 17.7. The minimum absolute atomic E-state index is 0.0361. The number of rotatable bonds is 11. The summed E-state index contributed by atoms with van der Waals surface area (Å²) in [6.07, 6.45) is 3.23. The largest absolute Gasteiger partial charge is 0.467 e. The average molecular weight is 437 g/mol. The van der Waals surface area contributed by atoms with Crippen molar-refractivity contribution >= 4 is 15.9 Å². The maximum absolute atomic E-state index is 12.6. The monoisotopic (exact) mass is 436 g/mol. The number of morpholine rings is 1. The minimum atomic E-state index is -3.49. The van der Waals surface area contributed by atoms with Gasteiger partial charge in [0, 0.05) is 32.7 Å². The Bertz CT molecular complexity index is 875. The van der Waals surface area contributed by atoms with Crippen LogP contribution in [0.1, 0.15) is 24.2 Å². The summed E-state index contributed by atoms with van der Waals surface area (Å²) < 4.78 is 42.5. The van der Waals surface area contributed by atoms with Gasteiger partial charge in [-0.3, -0.25) is 4.79 Å². The van der Waals surface area contributed by atoms with Gasteiger partial charge in [0.25, 0.3) is 0 Å². The van der Waals surface area contributed by atoms with Crippen LogP contribution in [0.15, 0.2) is 52.0 Å². The first-order valence-corrected chi connectivity index (χ1v) is 11.5. The van der Waals surface area contributed by atoms with Gasteiger partial charge < -0.3 is 19.2 Å². The molecule has 9 heteroatoms. The summed E-state index contributed by atoms with van der Waals surface area (Å²) in [6, 6.07) is 10.4. The van der Waals surface area contributed by atoms with Crippen molar-refractivity contribution < 1.29 is 27.1 Å². The number of carbonyl (C=O) groups excluding carboxylic acids is 1. The highest BCUT2D eigenvalue weighted by molar-refractivity contribution is 7.89. The second-order valence-electron chi connectivity index (χ2n) is 7.00. The van der Waals surface area contributed by atoms with Crippen LogP contribution in [0.2, 0.25) is 0 Å². The van der Waals surface area contributed by atoms with E-state index in [0.717, 1.165) is 17.7 Å². The summed E-state index contributed by atoms with van der Waals surface area (Å²) in [7, 11) is -3.49. The normalized spacial score (nSPS) is 15.2. The number of amides is 1. The molecule has 8 nitrogen and oxygen atoms in total. The number of nitrogens with zero attached hydrogens (tertiary/aromatic N) is 1. The van der Waals surface area contributed by atoms with Crippen molar-refractivity contribution in [3.05, 3.63) is 54.0 Å². The molecule has 1 N–H and O–H groups in total. The first-order valence-electron chi connectivity index (χ1n) is 10.1. The number of furan rings is 1. The van der Waals surface area contributed by atoms with Crippen LogP contribution in [0.25, 0.3) is 0 Å². The number of ether oxygens (including phenoxy) is 2.